The Hall–Kier alpha value is -2.24. The van der Waals surface area contributed by atoms with E-state index in [2.05, 4.69) is 20.2 Å². The molecule has 6 nitrogen and oxygen atoms in total. The molecule has 128 valence electrons. The van der Waals surface area contributed by atoms with Crippen LogP contribution in [0.2, 0.25) is 0 Å². The van der Waals surface area contributed by atoms with Crippen molar-refractivity contribution < 1.29 is 4.79 Å². The first-order valence-corrected chi connectivity index (χ1v) is 8.49. The second kappa shape index (κ2) is 6.34. The third-order valence-electron chi connectivity index (χ3n) is 4.48. The van der Waals surface area contributed by atoms with Gasteiger partial charge in [-0.1, -0.05) is 20.8 Å². The average molecular weight is 327 g/mol. The van der Waals surface area contributed by atoms with Gasteiger partial charge in [0.05, 0.1) is 11.4 Å². The van der Waals surface area contributed by atoms with Crippen LogP contribution in [0.3, 0.4) is 0 Å². The van der Waals surface area contributed by atoms with Crippen LogP contribution in [0.4, 0.5) is 0 Å². The summed E-state index contributed by atoms with van der Waals surface area (Å²) < 4.78 is 0. The molecule has 0 radical (unpaired) electrons. The minimum Gasteiger partial charge on any atom is -0.342 e. The highest BCUT2D eigenvalue weighted by Gasteiger charge is 2.31. The largest absolute Gasteiger partial charge is 0.342 e. The van der Waals surface area contributed by atoms with E-state index in [1.165, 1.54) is 0 Å². The van der Waals surface area contributed by atoms with E-state index in [4.69, 9.17) is 0 Å². The summed E-state index contributed by atoms with van der Waals surface area (Å²) >= 11 is 0. The molecule has 1 amide bonds. The van der Waals surface area contributed by atoms with Crippen LogP contribution in [0.5, 0.6) is 0 Å². The number of rotatable bonds is 2. The number of hydrogen-bond acceptors (Lipinski definition) is 4. The number of hydrogen-bond donors (Lipinski definition) is 1. The zero-order valence-electron chi connectivity index (χ0n) is 14.8. The van der Waals surface area contributed by atoms with Crippen molar-refractivity contribution >= 4 is 5.91 Å². The lowest BCUT2D eigenvalue weighted by molar-refractivity contribution is -0.140. The van der Waals surface area contributed by atoms with E-state index in [0.717, 1.165) is 48.8 Å². The van der Waals surface area contributed by atoms with Gasteiger partial charge in [-0.2, -0.15) is 5.10 Å². The van der Waals surface area contributed by atoms with E-state index in [9.17, 15) is 4.79 Å². The fraction of sp³-hybridized carbons (Fsp3) is 0.556. The molecule has 2 aromatic heterocycles. The topological polar surface area (TPSA) is 74.8 Å². The molecular weight excluding hydrogens is 302 g/mol. The molecule has 1 N–H and O–H groups in total. The van der Waals surface area contributed by atoms with Crippen molar-refractivity contribution in [3.8, 4) is 11.4 Å². The van der Waals surface area contributed by atoms with Crippen molar-refractivity contribution in [2.24, 2.45) is 5.41 Å². The Bertz CT molecular complexity index is 710. The predicted octanol–water partition coefficient (Wildman–Crippen LogP) is 2.93. The predicted molar refractivity (Wildman–Crippen MR) is 92.4 cm³/mol. The number of aromatic amines is 1. The summed E-state index contributed by atoms with van der Waals surface area (Å²) in [6.45, 7) is 9.44. The number of amides is 1. The quantitative estimate of drug-likeness (QED) is 0.920. The monoisotopic (exact) mass is 327 g/mol. The standard InChI is InChI=1S/C18H25N5O/c1-12-20-15(11-16(21-12)14-5-8-19-22-14)13-6-9-23(10-7-13)17(24)18(2,3)4/h5,8,11,13H,6-7,9-10H2,1-4H3,(H,19,22). The average Bonchev–Trinajstić information content (AvgIpc) is 3.07. The van der Waals surface area contributed by atoms with Crippen LogP contribution in [0.1, 0.15) is 51.0 Å². The number of H-pyrrole nitrogens is 1. The Morgan fingerprint density at radius 3 is 2.54 bits per heavy atom. The maximum absolute atomic E-state index is 12.4. The summed E-state index contributed by atoms with van der Waals surface area (Å²) in [5, 5.41) is 6.95. The molecule has 0 atom stereocenters. The zero-order valence-corrected chi connectivity index (χ0v) is 14.8. The van der Waals surface area contributed by atoms with E-state index in [0.29, 0.717) is 5.92 Å². The first-order valence-electron chi connectivity index (χ1n) is 8.49. The summed E-state index contributed by atoms with van der Waals surface area (Å²) in [6.07, 6.45) is 3.62. The second-order valence-electron chi connectivity index (χ2n) is 7.51. The molecule has 1 aliphatic heterocycles. The molecular formula is C18H25N5O. The van der Waals surface area contributed by atoms with Crippen molar-refractivity contribution in [3.63, 3.8) is 0 Å². The number of piperidine rings is 1. The van der Waals surface area contributed by atoms with Crippen LogP contribution < -0.4 is 0 Å². The van der Waals surface area contributed by atoms with Crippen molar-refractivity contribution in [1.29, 1.82) is 0 Å². The van der Waals surface area contributed by atoms with Gasteiger partial charge >= 0.3 is 0 Å². The molecule has 6 heteroatoms. The Kier molecular flexibility index (Phi) is 4.39. The SMILES string of the molecule is Cc1nc(-c2ccn[nH]2)cc(C2CCN(C(=O)C(C)(C)C)CC2)n1. The highest BCUT2D eigenvalue weighted by molar-refractivity contribution is 5.81. The van der Waals surface area contributed by atoms with E-state index in [-0.39, 0.29) is 11.3 Å². The number of carbonyl (C=O) groups excluding carboxylic acids is 1. The van der Waals surface area contributed by atoms with Gasteiger partial charge in [0, 0.05) is 36.3 Å². The zero-order chi connectivity index (χ0) is 17.3. The summed E-state index contributed by atoms with van der Waals surface area (Å²) in [7, 11) is 0. The maximum atomic E-state index is 12.4. The van der Waals surface area contributed by atoms with E-state index in [1.807, 2.05) is 44.7 Å². The molecule has 0 aliphatic carbocycles. The normalized spacial score (nSPS) is 16.4. The van der Waals surface area contributed by atoms with Crippen LogP contribution in [-0.2, 0) is 4.79 Å². The summed E-state index contributed by atoms with van der Waals surface area (Å²) in [5.74, 6) is 1.38. The Labute approximate surface area is 142 Å². The number of nitrogens with one attached hydrogen (secondary N) is 1. The molecule has 3 rings (SSSR count). The number of aromatic nitrogens is 4. The molecule has 0 saturated carbocycles. The number of nitrogens with zero attached hydrogens (tertiary/aromatic N) is 4. The van der Waals surface area contributed by atoms with Gasteiger partial charge in [-0.05, 0) is 31.9 Å². The molecule has 0 bridgehead atoms. The highest BCUT2D eigenvalue weighted by atomic mass is 16.2. The van der Waals surface area contributed by atoms with Crippen molar-refractivity contribution in [1.82, 2.24) is 25.1 Å². The smallest absolute Gasteiger partial charge is 0.227 e. The first kappa shape index (κ1) is 16.6. The van der Waals surface area contributed by atoms with Crippen molar-refractivity contribution in [2.45, 2.75) is 46.5 Å². The maximum Gasteiger partial charge on any atom is 0.227 e. The molecule has 3 heterocycles. The highest BCUT2D eigenvalue weighted by Crippen LogP contribution is 2.30. The lowest BCUT2D eigenvalue weighted by Crippen LogP contribution is -2.43. The molecule has 1 aliphatic rings. The second-order valence-corrected chi connectivity index (χ2v) is 7.51. The van der Waals surface area contributed by atoms with Gasteiger partial charge in [-0.3, -0.25) is 9.89 Å². The van der Waals surface area contributed by atoms with Crippen molar-refractivity contribution in [2.75, 3.05) is 13.1 Å². The lowest BCUT2D eigenvalue weighted by Gasteiger charge is -2.35. The third kappa shape index (κ3) is 3.47. The molecule has 1 fully saturated rings. The van der Waals surface area contributed by atoms with E-state index in [1.54, 1.807) is 6.20 Å². The fourth-order valence-electron chi connectivity index (χ4n) is 3.19. The lowest BCUT2D eigenvalue weighted by atomic mass is 9.89. The van der Waals surface area contributed by atoms with Gasteiger partial charge < -0.3 is 4.90 Å². The van der Waals surface area contributed by atoms with Crippen LogP contribution in [-0.4, -0.2) is 44.1 Å². The van der Waals surface area contributed by atoms with Gasteiger partial charge in [0.2, 0.25) is 5.91 Å². The number of likely N-dealkylation sites (tertiary alicyclic amines) is 1. The minimum atomic E-state index is -0.313. The molecule has 24 heavy (non-hydrogen) atoms. The molecule has 0 spiro atoms. The van der Waals surface area contributed by atoms with Gasteiger partial charge in [-0.15, -0.1) is 0 Å². The van der Waals surface area contributed by atoms with Crippen molar-refractivity contribution in [3.05, 3.63) is 29.8 Å². The van der Waals surface area contributed by atoms with E-state index >= 15 is 0 Å². The Morgan fingerprint density at radius 2 is 1.96 bits per heavy atom. The van der Waals surface area contributed by atoms with E-state index < -0.39 is 0 Å². The number of carbonyl (C=O) groups is 1. The molecule has 1 saturated heterocycles. The Balaban J connectivity index is 1.74. The summed E-state index contributed by atoms with van der Waals surface area (Å²) in [4.78, 5) is 23.5. The molecule has 0 unspecified atom stereocenters. The first-order chi connectivity index (χ1) is 11.3. The van der Waals surface area contributed by atoms with Gasteiger partial charge in [0.1, 0.15) is 5.82 Å². The number of aryl methyl sites for hydroxylation is 1. The van der Waals surface area contributed by atoms with Crippen LogP contribution in [0.15, 0.2) is 18.3 Å². The Morgan fingerprint density at radius 1 is 1.25 bits per heavy atom. The van der Waals surface area contributed by atoms with Crippen LogP contribution in [0.25, 0.3) is 11.4 Å². The van der Waals surface area contributed by atoms with Gasteiger partial charge in [0.25, 0.3) is 0 Å². The fourth-order valence-corrected chi connectivity index (χ4v) is 3.19. The summed E-state index contributed by atoms with van der Waals surface area (Å²) in [5.41, 5.74) is 2.53. The van der Waals surface area contributed by atoms with Crippen LogP contribution >= 0.6 is 0 Å². The molecule has 2 aromatic rings. The van der Waals surface area contributed by atoms with Gasteiger partial charge in [0.15, 0.2) is 0 Å². The minimum absolute atomic E-state index is 0.234. The third-order valence-corrected chi connectivity index (χ3v) is 4.48. The molecule has 0 aromatic carbocycles. The van der Waals surface area contributed by atoms with Gasteiger partial charge in [-0.25, -0.2) is 9.97 Å². The van der Waals surface area contributed by atoms with Crippen LogP contribution in [0, 0.1) is 12.3 Å². The summed E-state index contributed by atoms with van der Waals surface area (Å²) in [6, 6.07) is 3.96.